The van der Waals surface area contributed by atoms with E-state index in [1.807, 2.05) is 6.07 Å². The normalized spacial score (nSPS) is 19.0. The molecule has 1 aliphatic rings. The molecular weight excluding hydrogens is 305 g/mol. The van der Waals surface area contributed by atoms with Gasteiger partial charge in [-0.05, 0) is 25.5 Å². The van der Waals surface area contributed by atoms with Gasteiger partial charge < -0.3 is 10.1 Å². The quantitative estimate of drug-likeness (QED) is 0.641. The van der Waals surface area contributed by atoms with Crippen LogP contribution in [0.3, 0.4) is 0 Å². The third kappa shape index (κ3) is 4.77. The Hall–Kier alpha value is -0.440. The van der Waals surface area contributed by atoms with Crippen molar-refractivity contribution in [3.8, 4) is 5.75 Å². The number of nitrogens with one attached hydrogen (secondary N) is 1. The van der Waals surface area contributed by atoms with Crippen molar-refractivity contribution in [3.63, 3.8) is 0 Å². The molecule has 2 nitrogen and oxygen atoms in total. The van der Waals surface area contributed by atoms with Crippen LogP contribution in [0, 0.1) is 0 Å². The largest absolute Gasteiger partial charge is 0.492 e. The number of ether oxygens (including phenoxy) is 1. The second kappa shape index (κ2) is 8.26. The van der Waals surface area contributed by atoms with Crippen LogP contribution in [0.25, 0.3) is 0 Å². The number of unbranched alkanes of at least 4 members (excludes halogenated alkanes) is 3. The van der Waals surface area contributed by atoms with Crippen LogP contribution in [-0.4, -0.2) is 12.6 Å². The third-order valence-electron chi connectivity index (χ3n) is 4.04. The van der Waals surface area contributed by atoms with Crippen molar-refractivity contribution >= 4 is 23.2 Å². The van der Waals surface area contributed by atoms with Crippen molar-refractivity contribution in [1.29, 1.82) is 0 Å². The van der Waals surface area contributed by atoms with E-state index in [2.05, 4.69) is 19.2 Å². The highest BCUT2D eigenvalue weighted by Gasteiger charge is 2.25. The van der Waals surface area contributed by atoms with E-state index in [1.165, 1.54) is 32.1 Å². The van der Waals surface area contributed by atoms with Gasteiger partial charge in [-0.15, -0.1) is 0 Å². The lowest BCUT2D eigenvalue weighted by molar-refractivity contribution is 0.243. The van der Waals surface area contributed by atoms with Crippen molar-refractivity contribution in [3.05, 3.63) is 27.7 Å². The lowest BCUT2D eigenvalue weighted by Gasteiger charge is -2.30. The lowest BCUT2D eigenvalue weighted by atomic mass is 9.98. The molecule has 0 aliphatic carbocycles. The van der Waals surface area contributed by atoms with Crippen molar-refractivity contribution in [1.82, 2.24) is 5.32 Å². The van der Waals surface area contributed by atoms with Crippen LogP contribution < -0.4 is 10.1 Å². The fourth-order valence-corrected chi connectivity index (χ4v) is 3.47. The average molecular weight is 330 g/mol. The van der Waals surface area contributed by atoms with Gasteiger partial charge in [-0.3, -0.25) is 0 Å². The van der Waals surface area contributed by atoms with Gasteiger partial charge in [0.25, 0.3) is 0 Å². The van der Waals surface area contributed by atoms with E-state index in [1.54, 1.807) is 6.07 Å². The van der Waals surface area contributed by atoms with Crippen LogP contribution in [0.2, 0.25) is 10.0 Å². The number of rotatable bonds is 7. The molecule has 2 unspecified atom stereocenters. The zero-order valence-corrected chi connectivity index (χ0v) is 14.4. The molecule has 0 saturated carbocycles. The SMILES string of the molecule is CCCCCCC(C)NC1CCOc2c(Cl)cc(Cl)cc21. The summed E-state index contributed by atoms with van der Waals surface area (Å²) in [5.74, 6) is 0.794. The number of benzene rings is 1. The Morgan fingerprint density at radius 1 is 1.29 bits per heavy atom. The highest BCUT2D eigenvalue weighted by Crippen LogP contribution is 2.40. The lowest BCUT2D eigenvalue weighted by Crippen LogP contribution is -2.33. The van der Waals surface area contributed by atoms with Crippen LogP contribution in [0.5, 0.6) is 5.75 Å². The molecule has 1 aromatic rings. The van der Waals surface area contributed by atoms with E-state index >= 15 is 0 Å². The summed E-state index contributed by atoms with van der Waals surface area (Å²) >= 11 is 12.4. The van der Waals surface area contributed by atoms with Crippen molar-refractivity contribution in [2.75, 3.05) is 6.61 Å². The summed E-state index contributed by atoms with van der Waals surface area (Å²) in [5, 5.41) is 4.99. The summed E-state index contributed by atoms with van der Waals surface area (Å²) in [6, 6.07) is 4.50. The zero-order chi connectivity index (χ0) is 15.2. The minimum absolute atomic E-state index is 0.283. The van der Waals surface area contributed by atoms with E-state index in [0.717, 1.165) is 17.7 Å². The second-order valence-corrected chi connectivity index (χ2v) is 6.76. The third-order valence-corrected chi connectivity index (χ3v) is 4.54. The smallest absolute Gasteiger partial charge is 0.142 e. The van der Waals surface area contributed by atoms with Crippen LogP contribution in [0.15, 0.2) is 12.1 Å². The van der Waals surface area contributed by atoms with Crippen LogP contribution in [-0.2, 0) is 0 Å². The first kappa shape index (κ1) is 16.9. The van der Waals surface area contributed by atoms with Crippen molar-refractivity contribution in [2.24, 2.45) is 0 Å². The van der Waals surface area contributed by atoms with Gasteiger partial charge in [0.1, 0.15) is 5.75 Å². The predicted octanol–water partition coefficient (Wildman–Crippen LogP) is 5.77. The fourth-order valence-electron chi connectivity index (χ4n) is 2.90. The first-order valence-corrected chi connectivity index (χ1v) is 8.75. The maximum absolute atomic E-state index is 6.23. The molecule has 0 radical (unpaired) electrons. The molecule has 0 spiro atoms. The topological polar surface area (TPSA) is 21.3 Å². The van der Waals surface area contributed by atoms with Gasteiger partial charge in [-0.25, -0.2) is 0 Å². The highest BCUT2D eigenvalue weighted by molar-refractivity contribution is 6.35. The summed E-state index contributed by atoms with van der Waals surface area (Å²) < 4.78 is 5.70. The molecule has 4 heteroatoms. The first-order chi connectivity index (χ1) is 10.1. The van der Waals surface area contributed by atoms with Crippen LogP contribution >= 0.6 is 23.2 Å². The Balaban J connectivity index is 1.96. The molecule has 1 aliphatic heterocycles. The molecular formula is C17H25Cl2NO. The summed E-state index contributed by atoms with van der Waals surface area (Å²) in [6.45, 7) is 5.20. The summed E-state index contributed by atoms with van der Waals surface area (Å²) in [7, 11) is 0. The second-order valence-electron chi connectivity index (χ2n) is 5.91. The molecule has 2 atom stereocenters. The molecule has 0 saturated heterocycles. The number of fused-ring (bicyclic) bond motifs is 1. The van der Waals surface area contributed by atoms with E-state index in [0.29, 0.717) is 22.7 Å². The molecule has 0 aromatic heterocycles. The van der Waals surface area contributed by atoms with Crippen molar-refractivity contribution in [2.45, 2.75) is 64.5 Å². The summed E-state index contributed by atoms with van der Waals surface area (Å²) in [4.78, 5) is 0. The number of hydrogen-bond acceptors (Lipinski definition) is 2. The minimum Gasteiger partial charge on any atom is -0.492 e. The maximum Gasteiger partial charge on any atom is 0.142 e. The molecule has 0 amide bonds. The Labute approximate surface area is 138 Å². The summed E-state index contributed by atoms with van der Waals surface area (Å²) in [5.41, 5.74) is 1.10. The van der Waals surface area contributed by atoms with Gasteiger partial charge in [0, 0.05) is 29.1 Å². The van der Waals surface area contributed by atoms with E-state index in [4.69, 9.17) is 27.9 Å². The molecule has 118 valence electrons. The molecule has 0 bridgehead atoms. The van der Waals surface area contributed by atoms with E-state index in [9.17, 15) is 0 Å². The van der Waals surface area contributed by atoms with Gasteiger partial charge in [0.2, 0.25) is 0 Å². The van der Waals surface area contributed by atoms with Crippen LogP contribution in [0.4, 0.5) is 0 Å². The number of hydrogen-bond donors (Lipinski definition) is 1. The van der Waals surface area contributed by atoms with E-state index in [-0.39, 0.29) is 6.04 Å². The predicted molar refractivity (Wildman–Crippen MR) is 90.7 cm³/mol. The first-order valence-electron chi connectivity index (χ1n) is 7.99. The molecule has 0 fully saturated rings. The molecule has 2 rings (SSSR count). The van der Waals surface area contributed by atoms with Gasteiger partial charge in [-0.1, -0.05) is 55.8 Å². The zero-order valence-electron chi connectivity index (χ0n) is 12.9. The van der Waals surface area contributed by atoms with Gasteiger partial charge in [0.05, 0.1) is 11.6 Å². The summed E-state index contributed by atoms with van der Waals surface area (Å²) in [6.07, 6.45) is 7.40. The number of halogens is 2. The average Bonchev–Trinajstić information content (AvgIpc) is 2.44. The highest BCUT2D eigenvalue weighted by atomic mass is 35.5. The minimum atomic E-state index is 0.283. The standard InChI is InChI=1S/C17H25Cl2NO/c1-3-4-5-6-7-12(2)20-16-8-9-21-17-14(16)10-13(18)11-15(17)19/h10-12,16,20H,3-9H2,1-2H3. The Bertz CT molecular complexity index is 464. The molecule has 1 heterocycles. The Morgan fingerprint density at radius 3 is 2.86 bits per heavy atom. The van der Waals surface area contributed by atoms with Crippen molar-refractivity contribution < 1.29 is 4.74 Å². The molecule has 21 heavy (non-hydrogen) atoms. The maximum atomic E-state index is 6.23. The van der Waals surface area contributed by atoms with Gasteiger partial charge in [0.15, 0.2) is 0 Å². The van der Waals surface area contributed by atoms with Crippen LogP contribution in [0.1, 0.15) is 64.0 Å². The Morgan fingerprint density at radius 2 is 2.10 bits per heavy atom. The van der Waals surface area contributed by atoms with Gasteiger partial charge >= 0.3 is 0 Å². The Kier molecular flexibility index (Phi) is 6.66. The van der Waals surface area contributed by atoms with E-state index < -0.39 is 0 Å². The van der Waals surface area contributed by atoms with Gasteiger partial charge in [-0.2, -0.15) is 0 Å². The fraction of sp³-hybridized carbons (Fsp3) is 0.647. The molecule has 1 N–H and O–H groups in total. The molecule has 1 aromatic carbocycles. The monoisotopic (exact) mass is 329 g/mol.